The third kappa shape index (κ3) is 4.90. The molecule has 2 aromatic carbocycles. The van der Waals surface area contributed by atoms with Crippen LogP contribution in [0.4, 0.5) is 4.79 Å². The van der Waals surface area contributed by atoms with E-state index >= 15 is 0 Å². The normalized spacial score (nSPS) is 21.2. The van der Waals surface area contributed by atoms with Crippen molar-refractivity contribution in [3.63, 3.8) is 0 Å². The van der Waals surface area contributed by atoms with Crippen molar-refractivity contribution in [2.24, 2.45) is 11.8 Å². The van der Waals surface area contributed by atoms with Gasteiger partial charge in [-0.25, -0.2) is 4.79 Å². The number of carbonyl (C=O) groups excluding carboxylic acids is 2. The molecule has 1 heterocycles. The van der Waals surface area contributed by atoms with Gasteiger partial charge < -0.3 is 20.1 Å². The predicted octanol–water partition coefficient (Wildman–Crippen LogP) is 4.41. The number of carboxylic acid groups (broad SMARTS) is 1. The largest absolute Gasteiger partial charge is 0.481 e. The van der Waals surface area contributed by atoms with E-state index in [4.69, 9.17) is 9.84 Å². The van der Waals surface area contributed by atoms with Crippen molar-refractivity contribution in [3.8, 4) is 11.1 Å². The highest BCUT2D eigenvalue weighted by molar-refractivity contribution is 5.82. The second-order valence-electron chi connectivity index (χ2n) is 10.0. The van der Waals surface area contributed by atoms with Gasteiger partial charge in [-0.05, 0) is 53.9 Å². The van der Waals surface area contributed by atoms with Crippen molar-refractivity contribution in [3.05, 3.63) is 59.7 Å². The predicted molar refractivity (Wildman–Crippen MR) is 131 cm³/mol. The minimum absolute atomic E-state index is 0.00769. The molecule has 3 aliphatic rings. The number of rotatable bonds is 8. The molecule has 184 valence electrons. The summed E-state index contributed by atoms with van der Waals surface area (Å²) in [7, 11) is 0. The van der Waals surface area contributed by atoms with Crippen LogP contribution in [0.25, 0.3) is 11.1 Å². The number of alkyl carbamates (subject to hydrolysis) is 1. The molecule has 2 amide bonds. The average molecular weight is 477 g/mol. The summed E-state index contributed by atoms with van der Waals surface area (Å²) in [5, 5.41) is 11.7. The third-order valence-electron chi connectivity index (χ3n) is 7.75. The van der Waals surface area contributed by atoms with Crippen LogP contribution >= 0.6 is 0 Å². The second kappa shape index (κ2) is 10.1. The molecule has 1 saturated heterocycles. The Morgan fingerprint density at radius 2 is 1.63 bits per heavy atom. The van der Waals surface area contributed by atoms with Crippen LogP contribution < -0.4 is 5.32 Å². The first-order valence-electron chi connectivity index (χ1n) is 12.6. The molecule has 1 saturated carbocycles. The number of carboxylic acids is 1. The molecule has 7 nitrogen and oxygen atoms in total. The van der Waals surface area contributed by atoms with E-state index in [0.717, 1.165) is 25.7 Å². The minimum atomic E-state index is -0.773. The Hall–Kier alpha value is -3.35. The molecule has 2 atom stereocenters. The molecule has 2 fully saturated rings. The standard InChI is InChI=1S/C28H32N2O5/c31-26(32)14-5-7-18-15-30(16-18)27(33)23-12-6-13-25(23)29-28(34)35-17-24-21-10-3-1-8-19(21)20-9-2-4-11-22(20)24/h1-4,8-11,18,23-25H,5-7,12-17H2,(H,29,34)(H,31,32). The molecule has 0 spiro atoms. The summed E-state index contributed by atoms with van der Waals surface area (Å²) in [5.41, 5.74) is 4.72. The average Bonchev–Trinajstić information content (AvgIpc) is 3.41. The van der Waals surface area contributed by atoms with Crippen LogP contribution in [0.15, 0.2) is 48.5 Å². The zero-order valence-electron chi connectivity index (χ0n) is 19.8. The van der Waals surface area contributed by atoms with Gasteiger partial charge in [-0.15, -0.1) is 0 Å². The van der Waals surface area contributed by atoms with Gasteiger partial charge in [-0.1, -0.05) is 55.0 Å². The van der Waals surface area contributed by atoms with Gasteiger partial charge in [0.25, 0.3) is 0 Å². The Kier molecular flexibility index (Phi) is 6.75. The number of amides is 2. The molecule has 5 rings (SSSR count). The summed E-state index contributed by atoms with van der Waals surface area (Å²) in [6.07, 6.45) is 3.65. The number of benzene rings is 2. The topological polar surface area (TPSA) is 95.9 Å². The highest BCUT2D eigenvalue weighted by Crippen LogP contribution is 2.44. The van der Waals surface area contributed by atoms with Crippen LogP contribution in [0.5, 0.6) is 0 Å². The fraction of sp³-hybridized carbons (Fsp3) is 0.464. The van der Waals surface area contributed by atoms with Crippen molar-refractivity contribution >= 4 is 18.0 Å². The van der Waals surface area contributed by atoms with Crippen molar-refractivity contribution in [1.29, 1.82) is 0 Å². The zero-order chi connectivity index (χ0) is 24.4. The van der Waals surface area contributed by atoms with Gasteiger partial charge in [-0.3, -0.25) is 9.59 Å². The number of likely N-dealkylation sites (tertiary alicyclic amines) is 1. The number of hydrogen-bond acceptors (Lipinski definition) is 4. The lowest BCUT2D eigenvalue weighted by atomic mass is 9.91. The highest BCUT2D eigenvalue weighted by atomic mass is 16.5. The maximum absolute atomic E-state index is 13.0. The Balaban J connectivity index is 1.12. The fourth-order valence-corrected chi connectivity index (χ4v) is 5.93. The van der Waals surface area contributed by atoms with Gasteiger partial charge in [0.1, 0.15) is 6.61 Å². The molecule has 7 heteroatoms. The highest BCUT2D eigenvalue weighted by Gasteiger charge is 2.40. The van der Waals surface area contributed by atoms with Crippen molar-refractivity contribution in [2.75, 3.05) is 19.7 Å². The van der Waals surface area contributed by atoms with E-state index in [9.17, 15) is 14.4 Å². The Bertz CT molecular complexity index is 1060. The van der Waals surface area contributed by atoms with Crippen LogP contribution in [-0.2, 0) is 14.3 Å². The summed E-state index contributed by atoms with van der Waals surface area (Å²) < 4.78 is 5.69. The van der Waals surface area contributed by atoms with E-state index in [1.54, 1.807) is 0 Å². The molecule has 2 unspecified atom stereocenters. The lowest BCUT2D eigenvalue weighted by Gasteiger charge is -2.41. The van der Waals surface area contributed by atoms with Crippen LogP contribution in [0.2, 0.25) is 0 Å². The SMILES string of the molecule is O=C(O)CCCC1CN(C(=O)C2CCCC2NC(=O)OCC2c3ccccc3-c3ccccc32)C1. The second-order valence-corrected chi connectivity index (χ2v) is 10.0. The molecule has 2 aromatic rings. The molecular weight excluding hydrogens is 444 g/mol. The number of nitrogens with one attached hydrogen (secondary N) is 1. The number of aliphatic carboxylic acids is 1. The number of nitrogens with zero attached hydrogens (tertiary/aromatic N) is 1. The van der Waals surface area contributed by atoms with E-state index in [1.807, 2.05) is 29.2 Å². The molecule has 2 N–H and O–H groups in total. The molecule has 2 aliphatic carbocycles. The number of hydrogen-bond donors (Lipinski definition) is 2. The summed E-state index contributed by atoms with van der Waals surface area (Å²) in [4.78, 5) is 38.3. The molecule has 0 aromatic heterocycles. The van der Waals surface area contributed by atoms with Crippen molar-refractivity contribution in [1.82, 2.24) is 10.2 Å². The molecule has 1 aliphatic heterocycles. The zero-order valence-corrected chi connectivity index (χ0v) is 19.8. The quantitative estimate of drug-likeness (QED) is 0.589. The van der Waals surface area contributed by atoms with Crippen LogP contribution in [-0.4, -0.2) is 53.7 Å². The van der Waals surface area contributed by atoms with Gasteiger partial charge in [0, 0.05) is 31.5 Å². The number of fused-ring (bicyclic) bond motifs is 3. The molecular formula is C28H32N2O5. The Labute approximate surface area is 205 Å². The monoisotopic (exact) mass is 476 g/mol. The van der Waals surface area contributed by atoms with Gasteiger partial charge in [-0.2, -0.15) is 0 Å². The van der Waals surface area contributed by atoms with E-state index < -0.39 is 12.1 Å². The lowest BCUT2D eigenvalue weighted by molar-refractivity contribution is -0.143. The summed E-state index contributed by atoms with van der Waals surface area (Å²) >= 11 is 0. The van der Waals surface area contributed by atoms with E-state index in [0.29, 0.717) is 25.4 Å². The van der Waals surface area contributed by atoms with E-state index in [-0.39, 0.29) is 36.8 Å². The first-order valence-corrected chi connectivity index (χ1v) is 12.6. The van der Waals surface area contributed by atoms with Gasteiger partial charge in [0.05, 0.1) is 5.92 Å². The third-order valence-corrected chi connectivity index (χ3v) is 7.75. The fourth-order valence-electron chi connectivity index (χ4n) is 5.93. The molecule has 0 radical (unpaired) electrons. The first-order chi connectivity index (χ1) is 17.0. The van der Waals surface area contributed by atoms with Gasteiger partial charge >= 0.3 is 12.1 Å². The maximum Gasteiger partial charge on any atom is 0.407 e. The summed E-state index contributed by atoms with van der Waals surface area (Å²) in [6.45, 7) is 1.63. The smallest absolute Gasteiger partial charge is 0.407 e. The van der Waals surface area contributed by atoms with Gasteiger partial charge in [0.15, 0.2) is 0 Å². The lowest BCUT2D eigenvalue weighted by Crippen LogP contribution is -2.54. The Morgan fingerprint density at radius 1 is 0.971 bits per heavy atom. The van der Waals surface area contributed by atoms with E-state index in [1.165, 1.54) is 22.3 Å². The number of carbonyl (C=O) groups is 3. The van der Waals surface area contributed by atoms with Gasteiger partial charge in [0.2, 0.25) is 5.91 Å². The van der Waals surface area contributed by atoms with Crippen LogP contribution in [0.3, 0.4) is 0 Å². The maximum atomic E-state index is 13.0. The first kappa shape index (κ1) is 23.4. The number of ether oxygens (including phenoxy) is 1. The summed E-state index contributed by atoms with van der Waals surface area (Å²) in [5.74, 6) is -0.497. The Morgan fingerprint density at radius 3 is 2.29 bits per heavy atom. The van der Waals surface area contributed by atoms with Crippen molar-refractivity contribution in [2.45, 2.75) is 50.5 Å². The van der Waals surface area contributed by atoms with Crippen LogP contribution in [0, 0.1) is 11.8 Å². The van der Waals surface area contributed by atoms with E-state index in [2.05, 4.69) is 29.6 Å². The molecule has 35 heavy (non-hydrogen) atoms. The van der Waals surface area contributed by atoms with Crippen LogP contribution in [0.1, 0.15) is 55.6 Å². The summed E-state index contributed by atoms with van der Waals surface area (Å²) in [6, 6.07) is 16.3. The van der Waals surface area contributed by atoms with Crippen molar-refractivity contribution < 1.29 is 24.2 Å². The minimum Gasteiger partial charge on any atom is -0.481 e. The molecule has 0 bridgehead atoms.